The molecule has 0 fully saturated rings. The Hall–Kier alpha value is -2.49. The summed E-state index contributed by atoms with van der Waals surface area (Å²) in [5, 5.41) is 9.32. The fraction of sp³-hybridized carbons (Fsp3) is 0.133. The van der Waals surface area contributed by atoms with Crippen LogP contribution in [0.1, 0.15) is 10.4 Å². The van der Waals surface area contributed by atoms with Gasteiger partial charge in [0.15, 0.2) is 6.29 Å². The van der Waals surface area contributed by atoms with Crippen molar-refractivity contribution in [1.29, 1.82) is 0 Å². The lowest BCUT2D eigenvalue weighted by Gasteiger charge is -2.13. The van der Waals surface area contributed by atoms with E-state index in [1.165, 1.54) is 14.2 Å². The van der Waals surface area contributed by atoms with Crippen molar-refractivity contribution in [2.45, 2.75) is 0 Å². The number of phenolic OH excluding ortho intramolecular Hbond substituents is 1. The van der Waals surface area contributed by atoms with Crippen LogP contribution < -0.4 is 9.47 Å². The van der Waals surface area contributed by atoms with Crippen LogP contribution in [-0.2, 0) is 0 Å². The summed E-state index contributed by atoms with van der Waals surface area (Å²) in [6.45, 7) is 0. The van der Waals surface area contributed by atoms with Crippen molar-refractivity contribution >= 4 is 6.29 Å². The van der Waals surface area contributed by atoms with Crippen molar-refractivity contribution in [3.05, 3.63) is 42.0 Å². The summed E-state index contributed by atoms with van der Waals surface area (Å²) in [5.41, 5.74) is 1.99. The molecule has 0 aliphatic carbocycles. The first-order chi connectivity index (χ1) is 9.19. The number of carbonyl (C=O) groups is 1. The Balaban J connectivity index is 2.65. The Kier molecular flexibility index (Phi) is 3.71. The van der Waals surface area contributed by atoms with E-state index >= 15 is 0 Å². The molecule has 98 valence electrons. The third kappa shape index (κ3) is 2.52. The summed E-state index contributed by atoms with van der Waals surface area (Å²) < 4.78 is 10.5. The fourth-order valence-corrected chi connectivity index (χ4v) is 1.91. The van der Waals surface area contributed by atoms with Crippen LogP contribution in [0.25, 0.3) is 11.1 Å². The van der Waals surface area contributed by atoms with Gasteiger partial charge in [-0.15, -0.1) is 0 Å². The molecule has 2 aromatic carbocycles. The molecular formula is C15H14O4. The summed E-state index contributed by atoms with van der Waals surface area (Å²) in [6, 6.07) is 10.1. The maximum atomic E-state index is 11.1. The van der Waals surface area contributed by atoms with Gasteiger partial charge in [-0.3, -0.25) is 4.79 Å². The van der Waals surface area contributed by atoms with Crippen LogP contribution in [0.4, 0.5) is 0 Å². The maximum Gasteiger partial charge on any atom is 0.153 e. The minimum atomic E-state index is 0.182. The lowest BCUT2D eigenvalue weighted by Crippen LogP contribution is -1.96. The zero-order chi connectivity index (χ0) is 13.8. The molecule has 2 aromatic rings. The molecule has 0 aliphatic rings. The lowest BCUT2D eigenvalue weighted by molar-refractivity contribution is 0.112. The highest BCUT2D eigenvalue weighted by Crippen LogP contribution is 2.36. The molecule has 0 saturated heterocycles. The zero-order valence-corrected chi connectivity index (χ0v) is 10.7. The van der Waals surface area contributed by atoms with E-state index in [0.717, 1.165) is 17.4 Å². The van der Waals surface area contributed by atoms with E-state index in [9.17, 15) is 9.90 Å². The number of aromatic hydroxyl groups is 1. The van der Waals surface area contributed by atoms with Gasteiger partial charge in [-0.2, -0.15) is 0 Å². The number of aldehydes is 1. The van der Waals surface area contributed by atoms with Gasteiger partial charge in [-0.05, 0) is 29.8 Å². The fourth-order valence-electron chi connectivity index (χ4n) is 1.91. The number of benzene rings is 2. The number of carbonyl (C=O) groups excluding carboxylic acids is 1. The van der Waals surface area contributed by atoms with E-state index in [4.69, 9.17) is 9.47 Å². The number of phenols is 1. The van der Waals surface area contributed by atoms with E-state index in [2.05, 4.69) is 0 Å². The second-order valence-corrected chi connectivity index (χ2v) is 3.96. The van der Waals surface area contributed by atoms with Crippen LogP contribution in [0.5, 0.6) is 17.2 Å². The van der Waals surface area contributed by atoms with E-state index in [-0.39, 0.29) is 5.75 Å². The van der Waals surface area contributed by atoms with E-state index in [1.807, 2.05) is 0 Å². The van der Waals surface area contributed by atoms with Gasteiger partial charge in [-0.25, -0.2) is 0 Å². The van der Waals surface area contributed by atoms with E-state index in [1.54, 1.807) is 36.4 Å². The van der Waals surface area contributed by atoms with Gasteiger partial charge in [0, 0.05) is 5.56 Å². The topological polar surface area (TPSA) is 55.8 Å². The molecule has 1 N–H and O–H groups in total. The van der Waals surface area contributed by atoms with Crippen molar-refractivity contribution in [2.75, 3.05) is 14.2 Å². The van der Waals surface area contributed by atoms with Crippen LogP contribution in [0.15, 0.2) is 36.4 Å². The number of ether oxygens (including phenoxy) is 2. The quantitative estimate of drug-likeness (QED) is 0.857. The Bertz CT molecular complexity index is 588. The average molecular weight is 258 g/mol. The van der Waals surface area contributed by atoms with E-state index in [0.29, 0.717) is 17.1 Å². The summed E-state index contributed by atoms with van der Waals surface area (Å²) in [4.78, 5) is 11.1. The van der Waals surface area contributed by atoms with Gasteiger partial charge in [-0.1, -0.05) is 12.1 Å². The van der Waals surface area contributed by atoms with Crippen LogP contribution in [0.3, 0.4) is 0 Å². The van der Waals surface area contributed by atoms with Crippen molar-refractivity contribution in [1.82, 2.24) is 0 Å². The molecule has 0 unspecified atom stereocenters. The molecular weight excluding hydrogens is 244 g/mol. The lowest BCUT2D eigenvalue weighted by atomic mass is 10.0. The highest BCUT2D eigenvalue weighted by molar-refractivity contribution is 5.87. The van der Waals surface area contributed by atoms with Gasteiger partial charge in [0.1, 0.15) is 17.2 Å². The second kappa shape index (κ2) is 5.44. The normalized spacial score (nSPS) is 10.0. The van der Waals surface area contributed by atoms with Gasteiger partial charge in [0.2, 0.25) is 0 Å². The van der Waals surface area contributed by atoms with Gasteiger partial charge >= 0.3 is 0 Å². The number of methoxy groups -OCH3 is 2. The number of hydrogen-bond donors (Lipinski definition) is 1. The number of hydrogen-bond acceptors (Lipinski definition) is 4. The molecule has 0 aliphatic heterocycles. The van der Waals surface area contributed by atoms with Crippen molar-refractivity contribution in [2.24, 2.45) is 0 Å². The molecule has 0 heterocycles. The minimum Gasteiger partial charge on any atom is -0.508 e. The first-order valence-electron chi connectivity index (χ1n) is 5.70. The monoisotopic (exact) mass is 258 g/mol. The first kappa shape index (κ1) is 13.0. The van der Waals surface area contributed by atoms with Gasteiger partial charge in [0.25, 0.3) is 0 Å². The summed E-state index contributed by atoms with van der Waals surface area (Å²) >= 11 is 0. The van der Waals surface area contributed by atoms with Crippen LogP contribution in [0.2, 0.25) is 0 Å². The molecule has 19 heavy (non-hydrogen) atoms. The highest BCUT2D eigenvalue weighted by atomic mass is 16.5. The predicted molar refractivity (Wildman–Crippen MR) is 72.0 cm³/mol. The molecule has 0 spiro atoms. The number of rotatable bonds is 4. The largest absolute Gasteiger partial charge is 0.508 e. The summed E-state index contributed by atoms with van der Waals surface area (Å²) in [7, 11) is 3.05. The van der Waals surface area contributed by atoms with Crippen molar-refractivity contribution < 1.29 is 19.4 Å². The SMILES string of the molecule is COc1cc(C=O)c(OC)c(-c2ccc(O)cc2)c1. The summed E-state index contributed by atoms with van der Waals surface area (Å²) in [5.74, 6) is 1.24. The Morgan fingerprint density at radius 3 is 2.26 bits per heavy atom. The molecule has 0 aromatic heterocycles. The molecule has 0 saturated carbocycles. The molecule has 4 heteroatoms. The maximum absolute atomic E-state index is 11.1. The molecule has 4 nitrogen and oxygen atoms in total. The smallest absolute Gasteiger partial charge is 0.153 e. The standard InChI is InChI=1S/C15H14O4/c1-18-13-7-11(9-16)15(19-2)14(8-13)10-3-5-12(17)6-4-10/h3-9,17H,1-2H3. The Morgan fingerprint density at radius 1 is 1.05 bits per heavy atom. The third-order valence-electron chi connectivity index (χ3n) is 2.84. The predicted octanol–water partition coefficient (Wildman–Crippen LogP) is 2.89. The van der Waals surface area contributed by atoms with Gasteiger partial charge in [0.05, 0.1) is 19.8 Å². The highest BCUT2D eigenvalue weighted by Gasteiger charge is 2.13. The Morgan fingerprint density at radius 2 is 1.74 bits per heavy atom. The molecule has 0 radical (unpaired) electrons. The van der Waals surface area contributed by atoms with E-state index < -0.39 is 0 Å². The second-order valence-electron chi connectivity index (χ2n) is 3.96. The minimum absolute atomic E-state index is 0.182. The Labute approximate surface area is 111 Å². The third-order valence-corrected chi connectivity index (χ3v) is 2.84. The molecule has 0 atom stereocenters. The zero-order valence-electron chi connectivity index (χ0n) is 10.7. The van der Waals surface area contributed by atoms with Crippen LogP contribution >= 0.6 is 0 Å². The molecule has 2 rings (SSSR count). The molecule has 0 amide bonds. The summed E-state index contributed by atoms with van der Waals surface area (Å²) in [6.07, 6.45) is 0.727. The van der Waals surface area contributed by atoms with Crippen molar-refractivity contribution in [3.63, 3.8) is 0 Å². The molecule has 0 bridgehead atoms. The first-order valence-corrected chi connectivity index (χ1v) is 5.70. The van der Waals surface area contributed by atoms with Gasteiger partial charge < -0.3 is 14.6 Å². The van der Waals surface area contributed by atoms with Crippen LogP contribution in [0, 0.1) is 0 Å². The van der Waals surface area contributed by atoms with Crippen molar-refractivity contribution in [3.8, 4) is 28.4 Å². The average Bonchev–Trinajstić information content (AvgIpc) is 2.46. The van der Waals surface area contributed by atoms with Crippen LogP contribution in [-0.4, -0.2) is 25.6 Å².